The largest absolute Gasteiger partial charge is 0.353 e. The van der Waals surface area contributed by atoms with Crippen LogP contribution in [0.25, 0.3) is 6.08 Å². The molecule has 138 valence electrons. The molecular weight excluding hydrogens is 432 g/mol. The monoisotopic (exact) mass is 452 g/mol. The van der Waals surface area contributed by atoms with E-state index in [1.165, 1.54) is 35.9 Å². The Morgan fingerprint density at radius 1 is 1.35 bits per heavy atom. The maximum atomic E-state index is 12.6. The van der Waals surface area contributed by atoms with Crippen LogP contribution in [0.2, 0.25) is 0 Å². The molecule has 2 amide bonds. The van der Waals surface area contributed by atoms with E-state index >= 15 is 0 Å². The van der Waals surface area contributed by atoms with Crippen molar-refractivity contribution < 1.29 is 9.59 Å². The van der Waals surface area contributed by atoms with Crippen molar-refractivity contribution in [3.8, 4) is 0 Å². The fourth-order valence-electron chi connectivity index (χ4n) is 3.20. The summed E-state index contributed by atoms with van der Waals surface area (Å²) in [6.07, 6.45) is 7.86. The minimum absolute atomic E-state index is 0.00178. The number of rotatable bonds is 5. The predicted octanol–water partition coefficient (Wildman–Crippen LogP) is 4.49. The maximum Gasteiger partial charge on any atom is 0.266 e. The molecule has 0 unspecified atom stereocenters. The number of carbonyl (C=O) groups is 2. The lowest BCUT2D eigenvalue weighted by Crippen LogP contribution is -2.39. The van der Waals surface area contributed by atoms with Gasteiger partial charge in [0.05, 0.1) is 4.91 Å². The van der Waals surface area contributed by atoms with Crippen molar-refractivity contribution in [1.82, 2.24) is 10.2 Å². The van der Waals surface area contributed by atoms with Crippen molar-refractivity contribution in [2.24, 2.45) is 0 Å². The number of hydrogen-bond acceptors (Lipinski definition) is 4. The van der Waals surface area contributed by atoms with E-state index in [1.54, 1.807) is 0 Å². The Hall–Kier alpha value is -1.18. The third-order valence-electron chi connectivity index (χ3n) is 4.55. The number of halogens is 1. The van der Waals surface area contributed by atoms with E-state index in [9.17, 15) is 9.59 Å². The first kappa shape index (κ1) is 19.6. The van der Waals surface area contributed by atoms with E-state index < -0.39 is 0 Å². The highest BCUT2D eigenvalue weighted by atomic mass is 79.9. The normalized spacial score (nSPS) is 20.0. The lowest BCUT2D eigenvalue weighted by molar-refractivity contribution is -0.124. The molecule has 0 spiro atoms. The van der Waals surface area contributed by atoms with Crippen molar-refractivity contribution >= 4 is 62.1 Å². The molecule has 1 aliphatic carbocycles. The lowest BCUT2D eigenvalue weighted by atomic mass is 9.95. The van der Waals surface area contributed by atoms with Crippen LogP contribution in [-0.2, 0) is 9.59 Å². The smallest absolute Gasteiger partial charge is 0.266 e. The van der Waals surface area contributed by atoms with E-state index in [1.807, 2.05) is 30.3 Å². The third-order valence-corrected chi connectivity index (χ3v) is 6.42. The fourth-order valence-corrected chi connectivity index (χ4v) is 4.93. The van der Waals surface area contributed by atoms with E-state index in [0.29, 0.717) is 21.8 Å². The third kappa shape index (κ3) is 5.18. The van der Waals surface area contributed by atoms with Gasteiger partial charge in [-0.15, -0.1) is 0 Å². The zero-order valence-electron chi connectivity index (χ0n) is 14.4. The van der Waals surface area contributed by atoms with Crippen LogP contribution in [0.1, 0.15) is 44.1 Å². The second-order valence-electron chi connectivity index (χ2n) is 6.54. The Labute approximate surface area is 171 Å². The molecule has 1 saturated heterocycles. The van der Waals surface area contributed by atoms with Crippen LogP contribution in [-0.4, -0.2) is 33.6 Å². The van der Waals surface area contributed by atoms with Gasteiger partial charge >= 0.3 is 0 Å². The molecule has 0 aromatic heterocycles. The van der Waals surface area contributed by atoms with Gasteiger partial charge in [0.15, 0.2) is 0 Å². The molecule has 2 aliphatic rings. The van der Waals surface area contributed by atoms with Gasteiger partial charge in [0, 0.05) is 23.5 Å². The van der Waals surface area contributed by atoms with Crippen LogP contribution in [0.3, 0.4) is 0 Å². The molecule has 1 aromatic carbocycles. The molecule has 0 atom stereocenters. The van der Waals surface area contributed by atoms with Gasteiger partial charge in [-0.2, -0.15) is 0 Å². The highest BCUT2D eigenvalue weighted by Crippen LogP contribution is 2.33. The van der Waals surface area contributed by atoms with Gasteiger partial charge in [0.2, 0.25) is 5.91 Å². The van der Waals surface area contributed by atoms with E-state index in [4.69, 9.17) is 12.2 Å². The first-order valence-electron chi connectivity index (χ1n) is 8.83. The SMILES string of the molecule is O=C(CCN1C(=O)/C(=C/c2cccc(Br)c2)SC1=S)NC1CCCCC1. The molecule has 1 aliphatic heterocycles. The Balaban J connectivity index is 1.56. The van der Waals surface area contributed by atoms with Gasteiger partial charge in [0.25, 0.3) is 5.91 Å². The first-order chi connectivity index (χ1) is 12.5. The van der Waals surface area contributed by atoms with Gasteiger partial charge in [-0.05, 0) is 36.6 Å². The minimum Gasteiger partial charge on any atom is -0.353 e. The number of thiocarbonyl (C=S) groups is 1. The Bertz CT molecular complexity index is 745. The molecule has 7 heteroatoms. The number of thioether (sulfide) groups is 1. The second kappa shape index (κ2) is 9.15. The summed E-state index contributed by atoms with van der Waals surface area (Å²) < 4.78 is 1.47. The number of amides is 2. The van der Waals surface area contributed by atoms with Gasteiger partial charge in [-0.1, -0.05) is 71.3 Å². The summed E-state index contributed by atoms with van der Waals surface area (Å²) >= 11 is 10.1. The van der Waals surface area contributed by atoms with Crippen LogP contribution < -0.4 is 5.32 Å². The highest BCUT2D eigenvalue weighted by Gasteiger charge is 2.32. The molecule has 3 rings (SSSR count). The number of benzene rings is 1. The van der Waals surface area contributed by atoms with Crippen molar-refractivity contribution in [3.63, 3.8) is 0 Å². The maximum absolute atomic E-state index is 12.6. The molecule has 4 nitrogen and oxygen atoms in total. The van der Waals surface area contributed by atoms with Crippen LogP contribution >= 0.6 is 39.9 Å². The summed E-state index contributed by atoms with van der Waals surface area (Å²) in [6, 6.07) is 8.04. The zero-order chi connectivity index (χ0) is 18.5. The van der Waals surface area contributed by atoms with Gasteiger partial charge in [-0.25, -0.2) is 0 Å². The van der Waals surface area contributed by atoms with E-state index in [2.05, 4.69) is 21.2 Å². The molecule has 2 fully saturated rings. The zero-order valence-corrected chi connectivity index (χ0v) is 17.6. The van der Waals surface area contributed by atoms with Gasteiger partial charge in [-0.3, -0.25) is 14.5 Å². The molecule has 26 heavy (non-hydrogen) atoms. The van der Waals surface area contributed by atoms with Crippen LogP contribution in [0.4, 0.5) is 0 Å². The van der Waals surface area contributed by atoms with E-state index in [0.717, 1.165) is 22.9 Å². The van der Waals surface area contributed by atoms with Crippen molar-refractivity contribution in [1.29, 1.82) is 0 Å². The van der Waals surface area contributed by atoms with Gasteiger partial charge < -0.3 is 5.32 Å². The molecule has 1 saturated carbocycles. The van der Waals surface area contributed by atoms with Crippen molar-refractivity contribution in [3.05, 3.63) is 39.2 Å². The molecule has 1 aromatic rings. The van der Waals surface area contributed by atoms with Crippen LogP contribution in [0.15, 0.2) is 33.6 Å². The fraction of sp³-hybridized carbons (Fsp3) is 0.421. The average molecular weight is 453 g/mol. The standard InChI is InChI=1S/C19H21BrN2O2S2/c20-14-6-4-5-13(11-14)12-16-18(24)22(19(25)26-16)10-9-17(23)21-15-7-2-1-3-8-15/h4-6,11-12,15H,1-3,7-10H2,(H,21,23)/b16-12-. The molecule has 1 heterocycles. The Morgan fingerprint density at radius 2 is 2.12 bits per heavy atom. The van der Waals surface area contributed by atoms with Crippen molar-refractivity contribution in [2.45, 2.75) is 44.6 Å². The second-order valence-corrected chi connectivity index (χ2v) is 9.13. The first-order valence-corrected chi connectivity index (χ1v) is 10.8. The average Bonchev–Trinajstić information content (AvgIpc) is 2.87. The number of nitrogens with one attached hydrogen (secondary N) is 1. The number of carbonyl (C=O) groups excluding carboxylic acids is 2. The molecular formula is C19H21BrN2O2S2. The Morgan fingerprint density at radius 3 is 2.85 bits per heavy atom. The summed E-state index contributed by atoms with van der Waals surface area (Å²) in [4.78, 5) is 26.9. The minimum atomic E-state index is -0.120. The van der Waals surface area contributed by atoms with E-state index in [-0.39, 0.29) is 18.2 Å². The lowest BCUT2D eigenvalue weighted by Gasteiger charge is -2.23. The molecule has 1 N–H and O–H groups in total. The van der Waals surface area contributed by atoms with Crippen molar-refractivity contribution in [2.75, 3.05) is 6.54 Å². The summed E-state index contributed by atoms with van der Waals surface area (Å²) in [6.45, 7) is 0.332. The summed E-state index contributed by atoms with van der Waals surface area (Å²) in [7, 11) is 0. The Kier molecular flexibility index (Phi) is 6.89. The van der Waals surface area contributed by atoms with Gasteiger partial charge in [0.1, 0.15) is 4.32 Å². The quantitative estimate of drug-likeness (QED) is 0.527. The predicted molar refractivity (Wildman–Crippen MR) is 114 cm³/mol. The molecule has 0 radical (unpaired) electrons. The topological polar surface area (TPSA) is 49.4 Å². The van der Waals surface area contributed by atoms with Crippen LogP contribution in [0.5, 0.6) is 0 Å². The number of nitrogens with zero attached hydrogens (tertiary/aromatic N) is 1. The molecule has 0 bridgehead atoms. The summed E-state index contributed by atoms with van der Waals surface area (Å²) in [5.41, 5.74) is 0.940. The summed E-state index contributed by atoms with van der Waals surface area (Å²) in [5.74, 6) is -0.118. The highest BCUT2D eigenvalue weighted by molar-refractivity contribution is 9.10. The number of hydrogen-bond donors (Lipinski definition) is 1. The van der Waals surface area contributed by atoms with Crippen LogP contribution in [0, 0.1) is 0 Å². The summed E-state index contributed by atoms with van der Waals surface area (Å²) in [5, 5.41) is 3.08.